The molecule has 0 bridgehead atoms. The first kappa shape index (κ1) is 27.0. The fourth-order valence-electron chi connectivity index (χ4n) is 3.96. The smallest absolute Gasteiger partial charge is 0.194 e. The van der Waals surface area contributed by atoms with E-state index < -0.39 is 0 Å². The van der Waals surface area contributed by atoms with Crippen LogP contribution in [0, 0.1) is 0 Å². The van der Waals surface area contributed by atoms with E-state index in [1.807, 2.05) is 21.0 Å². The molecule has 1 N–H and O–H groups in total. The lowest BCUT2D eigenvalue weighted by atomic mass is 10.1. The third kappa shape index (κ3) is 8.28. The van der Waals surface area contributed by atoms with Gasteiger partial charge in [0, 0.05) is 39.7 Å². The van der Waals surface area contributed by atoms with Crippen LogP contribution in [0.1, 0.15) is 60.5 Å². The predicted octanol–water partition coefficient (Wildman–Crippen LogP) is 5.05. The Morgan fingerprint density at radius 2 is 1.97 bits per heavy atom. The van der Waals surface area contributed by atoms with Gasteiger partial charge in [0.25, 0.3) is 0 Å². The summed E-state index contributed by atoms with van der Waals surface area (Å²) in [5.41, 5.74) is 3.72. The van der Waals surface area contributed by atoms with Gasteiger partial charge in [0.2, 0.25) is 0 Å². The van der Waals surface area contributed by atoms with Gasteiger partial charge in [-0.15, -0.1) is 35.3 Å². The number of rotatable bonds is 8. The molecule has 1 aliphatic rings. The second kappa shape index (κ2) is 14.1. The Morgan fingerprint density at radius 3 is 2.66 bits per heavy atom. The Morgan fingerprint density at radius 1 is 1.25 bits per heavy atom. The molecular formula is C24H38IN5OS. The number of nitrogens with one attached hydrogen (secondary N) is 1. The van der Waals surface area contributed by atoms with Gasteiger partial charge in [-0.1, -0.05) is 37.1 Å². The van der Waals surface area contributed by atoms with Crippen LogP contribution in [0.3, 0.4) is 0 Å². The van der Waals surface area contributed by atoms with Gasteiger partial charge in [0.15, 0.2) is 5.96 Å². The maximum absolute atomic E-state index is 5.37. The van der Waals surface area contributed by atoms with Crippen LogP contribution in [0.2, 0.25) is 0 Å². The molecule has 1 aromatic carbocycles. The number of halogens is 1. The summed E-state index contributed by atoms with van der Waals surface area (Å²) in [6.07, 6.45) is 5.44. The summed E-state index contributed by atoms with van der Waals surface area (Å²) >= 11 is 1.64. The summed E-state index contributed by atoms with van der Waals surface area (Å²) in [6, 6.07) is 8.93. The molecule has 3 rings (SSSR count). The molecule has 1 saturated heterocycles. The molecule has 1 aromatic heterocycles. The molecule has 1 aliphatic heterocycles. The van der Waals surface area contributed by atoms with Gasteiger partial charge in [-0.25, -0.2) is 4.98 Å². The van der Waals surface area contributed by atoms with E-state index in [1.165, 1.54) is 49.9 Å². The van der Waals surface area contributed by atoms with Crippen LogP contribution in [0.4, 0.5) is 0 Å². The molecule has 8 heteroatoms. The number of aliphatic imine (C=N–C) groups is 1. The van der Waals surface area contributed by atoms with Crippen LogP contribution in [-0.4, -0.2) is 55.0 Å². The van der Waals surface area contributed by atoms with Crippen LogP contribution in [0.15, 0.2) is 34.6 Å². The minimum absolute atomic E-state index is 0. The standard InChI is InChI=1S/C24H37N5OS.HI/c1-19(30-4)23-27-22(18-31-23)17-28(3)24(25-2)26-15-20-10-9-11-21(14-20)16-29-12-7-5-6-8-13-29;/h9-11,14,18-19H,5-8,12-13,15-17H2,1-4H3,(H,25,26);1H. The summed E-state index contributed by atoms with van der Waals surface area (Å²) < 4.78 is 5.37. The topological polar surface area (TPSA) is 53.0 Å². The van der Waals surface area contributed by atoms with Crippen LogP contribution < -0.4 is 5.32 Å². The molecule has 1 fully saturated rings. The molecule has 178 valence electrons. The van der Waals surface area contributed by atoms with Crippen molar-refractivity contribution in [1.29, 1.82) is 0 Å². The van der Waals surface area contributed by atoms with Crippen molar-refractivity contribution in [3.05, 3.63) is 51.5 Å². The molecular weight excluding hydrogens is 533 g/mol. The summed E-state index contributed by atoms with van der Waals surface area (Å²) in [4.78, 5) is 13.9. The summed E-state index contributed by atoms with van der Waals surface area (Å²) in [5, 5.41) is 6.61. The number of thiazole rings is 1. The van der Waals surface area contributed by atoms with Crippen molar-refractivity contribution in [2.45, 2.75) is 58.3 Å². The number of benzene rings is 1. The van der Waals surface area contributed by atoms with E-state index in [1.54, 1.807) is 18.4 Å². The zero-order valence-corrected chi connectivity index (χ0v) is 23.0. The van der Waals surface area contributed by atoms with Crippen molar-refractivity contribution in [2.75, 3.05) is 34.3 Å². The highest BCUT2D eigenvalue weighted by molar-refractivity contribution is 14.0. The van der Waals surface area contributed by atoms with E-state index in [0.717, 1.165) is 29.8 Å². The van der Waals surface area contributed by atoms with Crippen molar-refractivity contribution in [3.63, 3.8) is 0 Å². The fraction of sp³-hybridized carbons (Fsp3) is 0.583. The number of aromatic nitrogens is 1. The van der Waals surface area contributed by atoms with Crippen molar-refractivity contribution in [1.82, 2.24) is 20.1 Å². The number of hydrogen-bond donors (Lipinski definition) is 1. The van der Waals surface area contributed by atoms with E-state index in [4.69, 9.17) is 9.72 Å². The molecule has 2 heterocycles. The van der Waals surface area contributed by atoms with Gasteiger partial charge in [-0.05, 0) is 44.0 Å². The van der Waals surface area contributed by atoms with E-state index >= 15 is 0 Å². The highest BCUT2D eigenvalue weighted by Gasteiger charge is 2.13. The Hall–Kier alpha value is -1.23. The maximum Gasteiger partial charge on any atom is 0.194 e. The van der Waals surface area contributed by atoms with Gasteiger partial charge in [0.05, 0.1) is 12.2 Å². The minimum Gasteiger partial charge on any atom is -0.375 e. The number of ether oxygens (including phenoxy) is 1. The second-order valence-electron chi connectivity index (χ2n) is 8.32. The van der Waals surface area contributed by atoms with Gasteiger partial charge in [-0.3, -0.25) is 9.89 Å². The van der Waals surface area contributed by atoms with Gasteiger partial charge < -0.3 is 15.0 Å². The molecule has 0 spiro atoms. The Labute approximate surface area is 214 Å². The van der Waals surface area contributed by atoms with Crippen molar-refractivity contribution >= 4 is 41.3 Å². The highest BCUT2D eigenvalue weighted by atomic mass is 127. The molecule has 2 aromatic rings. The summed E-state index contributed by atoms with van der Waals surface area (Å²) in [7, 11) is 5.59. The van der Waals surface area contributed by atoms with Crippen molar-refractivity contribution in [2.24, 2.45) is 4.99 Å². The Bertz CT molecular complexity index is 835. The predicted molar refractivity (Wildman–Crippen MR) is 145 cm³/mol. The van der Waals surface area contributed by atoms with Gasteiger partial charge in [0.1, 0.15) is 11.1 Å². The molecule has 0 aliphatic carbocycles. The summed E-state index contributed by atoms with van der Waals surface area (Å²) in [5.74, 6) is 0.868. The lowest BCUT2D eigenvalue weighted by Crippen LogP contribution is -2.38. The monoisotopic (exact) mass is 571 g/mol. The molecule has 1 unspecified atom stereocenters. The number of nitrogens with zero attached hydrogens (tertiary/aromatic N) is 4. The Balaban J connectivity index is 0.00000363. The number of likely N-dealkylation sites (tertiary alicyclic amines) is 1. The molecule has 0 amide bonds. The van der Waals surface area contributed by atoms with Gasteiger partial charge >= 0.3 is 0 Å². The molecule has 1 atom stereocenters. The van der Waals surface area contributed by atoms with Crippen molar-refractivity contribution < 1.29 is 4.74 Å². The third-order valence-corrected chi connectivity index (χ3v) is 6.84. The molecule has 0 saturated carbocycles. The van der Waals surface area contributed by atoms with Crippen molar-refractivity contribution in [3.8, 4) is 0 Å². The zero-order valence-electron chi connectivity index (χ0n) is 19.8. The second-order valence-corrected chi connectivity index (χ2v) is 9.21. The minimum atomic E-state index is 0. The summed E-state index contributed by atoms with van der Waals surface area (Å²) in [6.45, 7) is 6.99. The highest BCUT2D eigenvalue weighted by Crippen LogP contribution is 2.21. The zero-order chi connectivity index (χ0) is 22.1. The quantitative estimate of drug-likeness (QED) is 0.273. The average Bonchev–Trinajstić information content (AvgIpc) is 3.09. The van der Waals surface area contributed by atoms with E-state index in [0.29, 0.717) is 6.54 Å². The normalized spacial score (nSPS) is 16.2. The van der Waals surface area contributed by atoms with E-state index in [2.05, 4.69) is 49.8 Å². The fourth-order valence-corrected chi connectivity index (χ4v) is 4.80. The third-order valence-electron chi connectivity index (χ3n) is 5.79. The number of methoxy groups -OCH3 is 1. The maximum atomic E-state index is 5.37. The van der Waals surface area contributed by atoms with E-state index in [-0.39, 0.29) is 30.1 Å². The van der Waals surface area contributed by atoms with Crippen LogP contribution in [-0.2, 0) is 24.4 Å². The largest absolute Gasteiger partial charge is 0.375 e. The molecule has 0 radical (unpaired) electrons. The lowest BCUT2D eigenvalue weighted by Gasteiger charge is -2.22. The first-order valence-electron chi connectivity index (χ1n) is 11.3. The lowest BCUT2D eigenvalue weighted by molar-refractivity contribution is 0.119. The molecule has 32 heavy (non-hydrogen) atoms. The van der Waals surface area contributed by atoms with Crippen LogP contribution in [0.5, 0.6) is 0 Å². The number of guanidine groups is 1. The van der Waals surface area contributed by atoms with E-state index in [9.17, 15) is 0 Å². The first-order valence-corrected chi connectivity index (χ1v) is 12.2. The average molecular weight is 572 g/mol. The Kier molecular flexibility index (Phi) is 11.9. The van der Waals surface area contributed by atoms with Crippen LogP contribution in [0.25, 0.3) is 0 Å². The number of hydrogen-bond acceptors (Lipinski definition) is 5. The molecule has 6 nitrogen and oxygen atoms in total. The first-order chi connectivity index (χ1) is 15.1. The van der Waals surface area contributed by atoms with Gasteiger partial charge in [-0.2, -0.15) is 0 Å². The SMILES string of the molecule is CN=C(NCc1cccc(CN2CCCCCC2)c1)N(C)Cc1csc(C(C)OC)n1.I. The van der Waals surface area contributed by atoms with Crippen LogP contribution >= 0.6 is 35.3 Å².